The van der Waals surface area contributed by atoms with Crippen LogP contribution in [0.15, 0.2) is 71.9 Å². The number of aliphatic imine (C=N–C) groups is 1. The van der Waals surface area contributed by atoms with Crippen molar-refractivity contribution in [2.45, 2.75) is 45.4 Å². The lowest BCUT2D eigenvalue weighted by molar-refractivity contribution is 0.170. The van der Waals surface area contributed by atoms with Crippen molar-refractivity contribution >= 4 is 11.5 Å². The first kappa shape index (κ1) is 24.4. The molecule has 4 N–H and O–H groups in total. The maximum absolute atomic E-state index is 10.4. The molecule has 3 rings (SSSR count). The highest BCUT2D eigenvalue weighted by Crippen LogP contribution is 2.18. The summed E-state index contributed by atoms with van der Waals surface area (Å²) in [6.07, 6.45) is 2.69. The quantitative estimate of drug-likeness (QED) is 0.385. The van der Waals surface area contributed by atoms with Crippen LogP contribution >= 0.6 is 0 Å². The number of methoxy groups -OCH3 is 1. The molecule has 1 aromatic heterocycles. The number of nitrogen functional groups attached to an aromatic ring is 1. The van der Waals surface area contributed by atoms with E-state index >= 15 is 0 Å². The largest absolute Gasteiger partial charge is 0.496 e. The lowest BCUT2D eigenvalue weighted by Gasteiger charge is -2.18. The minimum absolute atomic E-state index is 0.219. The van der Waals surface area contributed by atoms with E-state index in [1.54, 1.807) is 25.4 Å². The number of ether oxygens (including phenoxy) is 1. The van der Waals surface area contributed by atoms with Gasteiger partial charge >= 0.3 is 0 Å². The topological polar surface area (TPSA) is 92.8 Å². The molecule has 6 heteroatoms. The molecule has 6 nitrogen and oxygen atoms in total. The third-order valence-corrected chi connectivity index (χ3v) is 5.56. The van der Waals surface area contributed by atoms with Gasteiger partial charge in [0.2, 0.25) is 0 Å². The Morgan fingerprint density at radius 3 is 2.67 bits per heavy atom. The smallest absolute Gasteiger partial charge is 0.123 e. The Balaban J connectivity index is 1.51. The predicted octanol–water partition coefficient (Wildman–Crippen LogP) is 4.13. The van der Waals surface area contributed by atoms with E-state index in [9.17, 15) is 5.11 Å². The molecular formula is C27H34N4O2. The van der Waals surface area contributed by atoms with Crippen molar-refractivity contribution in [3.63, 3.8) is 0 Å². The monoisotopic (exact) mass is 446 g/mol. The minimum Gasteiger partial charge on any atom is -0.496 e. The lowest BCUT2D eigenvalue weighted by atomic mass is 10.0. The molecule has 0 radical (unpaired) electrons. The summed E-state index contributed by atoms with van der Waals surface area (Å²) >= 11 is 0. The number of aromatic nitrogens is 1. The Kier molecular flexibility index (Phi) is 8.98. The summed E-state index contributed by atoms with van der Waals surface area (Å²) < 4.78 is 5.41. The van der Waals surface area contributed by atoms with Crippen molar-refractivity contribution < 1.29 is 9.84 Å². The molecule has 0 unspecified atom stereocenters. The SMILES string of the molecule is COc1ccccc1CN=C(C)Cc1cccc(C[C@@H](C)NC[C@H](O)c2ccc(N)nc2)c1. The summed E-state index contributed by atoms with van der Waals surface area (Å²) in [5.41, 5.74) is 11.0. The molecular weight excluding hydrogens is 412 g/mol. The van der Waals surface area contributed by atoms with Crippen molar-refractivity contribution in [3.05, 3.63) is 89.1 Å². The number of para-hydroxylation sites is 1. The van der Waals surface area contributed by atoms with E-state index in [0.29, 0.717) is 18.9 Å². The van der Waals surface area contributed by atoms with Gasteiger partial charge in [-0.05, 0) is 43.5 Å². The predicted molar refractivity (Wildman–Crippen MR) is 135 cm³/mol. The van der Waals surface area contributed by atoms with Crippen molar-refractivity contribution in [2.24, 2.45) is 4.99 Å². The van der Waals surface area contributed by atoms with Crippen LogP contribution in [0.3, 0.4) is 0 Å². The summed E-state index contributed by atoms with van der Waals surface area (Å²) in [6.45, 7) is 5.27. The number of pyridine rings is 1. The summed E-state index contributed by atoms with van der Waals surface area (Å²) in [4.78, 5) is 8.80. The van der Waals surface area contributed by atoms with Gasteiger partial charge in [0, 0.05) is 42.0 Å². The Morgan fingerprint density at radius 1 is 1.12 bits per heavy atom. The zero-order valence-corrected chi connectivity index (χ0v) is 19.7. The van der Waals surface area contributed by atoms with Crippen LogP contribution < -0.4 is 15.8 Å². The van der Waals surface area contributed by atoms with Crippen LogP contribution in [0.25, 0.3) is 0 Å². The van der Waals surface area contributed by atoms with Crippen LogP contribution in [-0.2, 0) is 19.4 Å². The summed E-state index contributed by atoms with van der Waals surface area (Å²) in [7, 11) is 1.69. The molecule has 3 aromatic rings. The number of nitrogens with two attached hydrogens (primary N) is 1. The number of hydrogen-bond donors (Lipinski definition) is 3. The number of aliphatic hydroxyl groups excluding tert-OH is 1. The highest BCUT2D eigenvalue weighted by molar-refractivity contribution is 5.84. The Morgan fingerprint density at radius 2 is 1.91 bits per heavy atom. The van der Waals surface area contributed by atoms with Crippen molar-refractivity contribution in [1.82, 2.24) is 10.3 Å². The van der Waals surface area contributed by atoms with Gasteiger partial charge in [0.05, 0.1) is 19.8 Å². The molecule has 0 aliphatic carbocycles. The Hall–Kier alpha value is -3.22. The molecule has 0 saturated carbocycles. The third-order valence-electron chi connectivity index (χ3n) is 5.56. The van der Waals surface area contributed by atoms with E-state index in [4.69, 9.17) is 15.5 Å². The van der Waals surface area contributed by atoms with Crippen LogP contribution in [0, 0.1) is 0 Å². The Bertz CT molecular complexity index is 1050. The normalized spacial score (nSPS) is 13.5. The summed E-state index contributed by atoms with van der Waals surface area (Å²) in [5, 5.41) is 13.8. The van der Waals surface area contributed by atoms with E-state index in [-0.39, 0.29) is 6.04 Å². The van der Waals surface area contributed by atoms with Crippen molar-refractivity contribution in [3.8, 4) is 5.75 Å². The molecule has 2 aromatic carbocycles. The number of rotatable bonds is 11. The van der Waals surface area contributed by atoms with Crippen LogP contribution in [0.2, 0.25) is 0 Å². The second-order valence-electron chi connectivity index (χ2n) is 8.41. The third kappa shape index (κ3) is 7.70. The van der Waals surface area contributed by atoms with Gasteiger partial charge in [-0.3, -0.25) is 4.99 Å². The minimum atomic E-state index is -0.617. The number of nitrogens with one attached hydrogen (secondary N) is 1. The summed E-state index contributed by atoms with van der Waals surface area (Å²) in [6, 6.07) is 20.3. The zero-order chi connectivity index (χ0) is 23.6. The highest BCUT2D eigenvalue weighted by Gasteiger charge is 2.11. The zero-order valence-electron chi connectivity index (χ0n) is 19.7. The highest BCUT2D eigenvalue weighted by atomic mass is 16.5. The first-order valence-corrected chi connectivity index (χ1v) is 11.3. The number of aliphatic hydroxyl groups is 1. The van der Waals surface area contributed by atoms with Crippen LogP contribution in [0.1, 0.15) is 42.2 Å². The molecule has 0 amide bonds. The van der Waals surface area contributed by atoms with E-state index in [1.807, 2.05) is 24.3 Å². The molecule has 0 bridgehead atoms. The molecule has 0 spiro atoms. The maximum atomic E-state index is 10.4. The van der Waals surface area contributed by atoms with Crippen LogP contribution in [-0.4, -0.2) is 35.5 Å². The number of benzene rings is 2. The van der Waals surface area contributed by atoms with Crippen LogP contribution in [0.5, 0.6) is 5.75 Å². The number of nitrogens with zero attached hydrogens (tertiary/aromatic N) is 2. The van der Waals surface area contributed by atoms with Gasteiger partial charge in [-0.15, -0.1) is 0 Å². The van der Waals surface area contributed by atoms with Crippen molar-refractivity contribution in [1.29, 1.82) is 0 Å². The van der Waals surface area contributed by atoms with E-state index in [0.717, 1.165) is 35.4 Å². The maximum Gasteiger partial charge on any atom is 0.123 e. The fraction of sp³-hybridized carbons (Fsp3) is 0.333. The standard InChI is InChI=1S/C27H34N4O2/c1-19(29-17-24-9-4-5-10-26(24)33-3)13-21-7-6-8-22(15-21)14-20(2)30-18-25(32)23-11-12-27(28)31-16-23/h4-12,15-16,20,25,30,32H,13-14,17-18H2,1-3H3,(H2,28,31)/t20-,25+/m1/s1. The second-order valence-corrected chi connectivity index (χ2v) is 8.41. The van der Waals surface area contributed by atoms with Crippen molar-refractivity contribution in [2.75, 3.05) is 19.4 Å². The van der Waals surface area contributed by atoms with Crippen LogP contribution in [0.4, 0.5) is 5.82 Å². The summed E-state index contributed by atoms with van der Waals surface area (Å²) in [5.74, 6) is 1.32. The molecule has 0 aliphatic heterocycles. The average Bonchev–Trinajstić information content (AvgIpc) is 2.82. The average molecular weight is 447 g/mol. The second kappa shape index (κ2) is 12.1. The molecule has 1 heterocycles. The first-order chi connectivity index (χ1) is 15.9. The molecule has 0 fully saturated rings. The van der Waals surface area contributed by atoms with E-state index < -0.39 is 6.10 Å². The molecule has 33 heavy (non-hydrogen) atoms. The lowest BCUT2D eigenvalue weighted by Crippen LogP contribution is -2.32. The van der Waals surface area contributed by atoms with Gasteiger partial charge in [0.15, 0.2) is 0 Å². The fourth-order valence-electron chi connectivity index (χ4n) is 3.74. The van der Waals surface area contributed by atoms with E-state index in [1.165, 1.54) is 11.1 Å². The van der Waals surface area contributed by atoms with Gasteiger partial charge in [-0.2, -0.15) is 0 Å². The van der Waals surface area contributed by atoms with Gasteiger partial charge < -0.3 is 20.9 Å². The molecule has 174 valence electrons. The number of hydrogen-bond acceptors (Lipinski definition) is 6. The molecule has 0 aliphatic rings. The van der Waals surface area contributed by atoms with Gasteiger partial charge in [0.1, 0.15) is 11.6 Å². The first-order valence-electron chi connectivity index (χ1n) is 11.3. The fourth-order valence-corrected chi connectivity index (χ4v) is 3.74. The van der Waals surface area contributed by atoms with Gasteiger partial charge in [-0.25, -0.2) is 4.98 Å². The Labute approximate surface area is 196 Å². The number of anilines is 1. The molecule has 2 atom stereocenters. The van der Waals surface area contributed by atoms with Gasteiger partial charge in [0.25, 0.3) is 0 Å². The van der Waals surface area contributed by atoms with E-state index in [2.05, 4.69) is 48.4 Å². The molecule has 0 saturated heterocycles. The van der Waals surface area contributed by atoms with Gasteiger partial charge in [-0.1, -0.05) is 48.5 Å².